The molecule has 1 fully saturated rings. The molecule has 4 aliphatic rings. The van der Waals surface area contributed by atoms with Crippen LogP contribution in [-0.4, -0.2) is 35.6 Å². The third-order valence-electron chi connectivity index (χ3n) is 6.00. The highest BCUT2D eigenvalue weighted by Gasteiger charge is 2.56. The summed E-state index contributed by atoms with van der Waals surface area (Å²) in [6, 6.07) is 0.998. The molecule has 0 aromatic carbocycles. The van der Waals surface area contributed by atoms with Gasteiger partial charge in [-0.3, -0.25) is 0 Å². The zero-order chi connectivity index (χ0) is 14.6. The second-order valence-electron chi connectivity index (χ2n) is 7.36. The zero-order valence-electron chi connectivity index (χ0n) is 13.4. The first kappa shape index (κ1) is 13.6. The van der Waals surface area contributed by atoms with Crippen LogP contribution in [0, 0.1) is 5.92 Å². The first-order valence-corrected chi connectivity index (χ1v) is 8.47. The minimum atomic E-state index is 0.205. The van der Waals surface area contributed by atoms with E-state index in [1.54, 1.807) is 5.57 Å². The molecule has 3 aliphatic heterocycles. The van der Waals surface area contributed by atoms with Crippen molar-refractivity contribution in [1.29, 1.82) is 0 Å². The second kappa shape index (κ2) is 4.72. The summed E-state index contributed by atoms with van der Waals surface area (Å²) in [6.07, 6.45) is 10.8. The summed E-state index contributed by atoms with van der Waals surface area (Å²) < 4.78 is 0. The van der Waals surface area contributed by atoms with E-state index in [1.807, 2.05) is 0 Å². The molecule has 21 heavy (non-hydrogen) atoms. The fraction of sp³-hybridized carbons (Fsp3) is 0.667. The van der Waals surface area contributed by atoms with Crippen LogP contribution >= 0.6 is 0 Å². The van der Waals surface area contributed by atoms with Gasteiger partial charge in [0.25, 0.3) is 0 Å². The highest BCUT2D eigenvalue weighted by molar-refractivity contribution is 5.44. The van der Waals surface area contributed by atoms with Crippen molar-refractivity contribution in [3.63, 3.8) is 0 Å². The molecular formula is C18H27N3. The van der Waals surface area contributed by atoms with Crippen molar-refractivity contribution >= 4 is 0 Å². The number of piperazine rings is 1. The molecule has 0 bridgehead atoms. The van der Waals surface area contributed by atoms with Crippen molar-refractivity contribution in [2.75, 3.05) is 13.1 Å². The molecule has 0 spiro atoms. The Morgan fingerprint density at radius 2 is 2.10 bits per heavy atom. The van der Waals surface area contributed by atoms with Gasteiger partial charge in [0.15, 0.2) is 0 Å². The van der Waals surface area contributed by atoms with Gasteiger partial charge in [-0.1, -0.05) is 19.9 Å². The number of allylic oxidation sites excluding steroid dienone is 2. The Bertz CT molecular complexity index is 543. The van der Waals surface area contributed by atoms with Crippen molar-refractivity contribution in [3.8, 4) is 0 Å². The Hall–Kier alpha value is -1.06. The number of nitrogens with zero attached hydrogens (tertiary/aromatic N) is 1. The van der Waals surface area contributed by atoms with Crippen LogP contribution in [0.15, 0.2) is 35.2 Å². The van der Waals surface area contributed by atoms with E-state index in [-0.39, 0.29) is 5.54 Å². The van der Waals surface area contributed by atoms with Crippen LogP contribution in [-0.2, 0) is 0 Å². The average molecular weight is 285 g/mol. The van der Waals surface area contributed by atoms with Gasteiger partial charge in [-0.25, -0.2) is 0 Å². The fourth-order valence-corrected chi connectivity index (χ4v) is 4.93. The average Bonchev–Trinajstić information content (AvgIpc) is 2.84. The largest absolute Gasteiger partial charge is 0.340 e. The second-order valence-corrected chi connectivity index (χ2v) is 7.36. The molecule has 1 saturated heterocycles. The summed E-state index contributed by atoms with van der Waals surface area (Å²) in [5.41, 5.74) is 4.83. The van der Waals surface area contributed by atoms with E-state index in [0.717, 1.165) is 13.1 Å². The number of hydrogen-bond acceptors (Lipinski definition) is 3. The number of nitrogens with one attached hydrogen (secondary N) is 2. The van der Waals surface area contributed by atoms with Crippen LogP contribution in [0.4, 0.5) is 0 Å². The van der Waals surface area contributed by atoms with Crippen molar-refractivity contribution in [2.45, 2.75) is 57.7 Å². The van der Waals surface area contributed by atoms with Crippen molar-refractivity contribution < 1.29 is 0 Å². The van der Waals surface area contributed by atoms with Crippen LogP contribution in [0.5, 0.6) is 0 Å². The topological polar surface area (TPSA) is 27.3 Å². The van der Waals surface area contributed by atoms with Gasteiger partial charge in [0, 0.05) is 31.0 Å². The summed E-state index contributed by atoms with van der Waals surface area (Å²) in [5, 5.41) is 7.61. The van der Waals surface area contributed by atoms with E-state index in [1.165, 1.54) is 30.5 Å². The lowest BCUT2D eigenvalue weighted by atomic mass is 9.69. The lowest BCUT2D eigenvalue weighted by Crippen LogP contribution is -2.72. The molecular weight excluding hydrogens is 258 g/mol. The maximum atomic E-state index is 3.86. The van der Waals surface area contributed by atoms with Gasteiger partial charge in [-0.05, 0) is 49.3 Å². The molecule has 3 heteroatoms. The minimum Gasteiger partial charge on any atom is -0.340 e. The van der Waals surface area contributed by atoms with Crippen LogP contribution in [0.2, 0.25) is 0 Å². The smallest absolute Gasteiger partial charge is 0.0677 e. The monoisotopic (exact) mass is 285 g/mol. The van der Waals surface area contributed by atoms with E-state index >= 15 is 0 Å². The molecule has 0 radical (unpaired) electrons. The Labute approximate surface area is 128 Å². The van der Waals surface area contributed by atoms with E-state index in [2.05, 4.69) is 54.7 Å². The Kier molecular flexibility index (Phi) is 3.05. The molecule has 1 aliphatic carbocycles. The number of hydrogen-bond donors (Lipinski definition) is 2. The third kappa shape index (κ3) is 1.74. The predicted molar refractivity (Wildman–Crippen MR) is 86.8 cm³/mol. The van der Waals surface area contributed by atoms with E-state index in [4.69, 9.17) is 0 Å². The quantitative estimate of drug-likeness (QED) is 0.775. The van der Waals surface area contributed by atoms with Gasteiger partial charge < -0.3 is 15.5 Å². The molecule has 3 heterocycles. The maximum Gasteiger partial charge on any atom is 0.0677 e. The molecule has 3 nitrogen and oxygen atoms in total. The molecule has 1 unspecified atom stereocenters. The standard InChI is InChI=1S/C18H27N3/c1-12(2)18-10-14-6-4-5-7-15(14)21(18)11-13(3)16-17(18)20-9-8-19-16/h5,7,11-12,16-17,19-20H,4,6,8-10H2,1-3H3/t16?,17-,18-/m1/s1. The van der Waals surface area contributed by atoms with Gasteiger partial charge >= 0.3 is 0 Å². The summed E-state index contributed by atoms with van der Waals surface area (Å²) in [7, 11) is 0. The summed E-state index contributed by atoms with van der Waals surface area (Å²) in [6.45, 7) is 9.24. The Balaban J connectivity index is 1.84. The number of fused-ring (bicyclic) bond motifs is 4. The van der Waals surface area contributed by atoms with Crippen LogP contribution in [0.25, 0.3) is 0 Å². The lowest BCUT2D eigenvalue weighted by Gasteiger charge is -2.56. The van der Waals surface area contributed by atoms with E-state index in [0.29, 0.717) is 18.0 Å². The van der Waals surface area contributed by atoms with Crippen LogP contribution < -0.4 is 10.6 Å². The zero-order valence-corrected chi connectivity index (χ0v) is 13.4. The molecule has 2 N–H and O–H groups in total. The molecule has 114 valence electrons. The van der Waals surface area contributed by atoms with Gasteiger partial charge in [0.05, 0.1) is 11.6 Å². The van der Waals surface area contributed by atoms with Gasteiger partial charge in [0.1, 0.15) is 0 Å². The molecule has 3 atom stereocenters. The first-order valence-electron chi connectivity index (χ1n) is 8.47. The Morgan fingerprint density at radius 1 is 1.29 bits per heavy atom. The van der Waals surface area contributed by atoms with Crippen LogP contribution in [0.1, 0.15) is 40.0 Å². The van der Waals surface area contributed by atoms with Crippen molar-refractivity contribution in [3.05, 3.63) is 35.2 Å². The van der Waals surface area contributed by atoms with Gasteiger partial charge in [-0.15, -0.1) is 0 Å². The normalized spacial score (nSPS) is 38.3. The SMILES string of the molecule is CC1=CN2C3=C(CCC=C3)C[C@@]2(C(C)C)[C@@H]2NCCNC12. The van der Waals surface area contributed by atoms with Crippen molar-refractivity contribution in [1.82, 2.24) is 15.5 Å². The Morgan fingerprint density at radius 3 is 2.90 bits per heavy atom. The van der Waals surface area contributed by atoms with Gasteiger partial charge in [-0.2, -0.15) is 0 Å². The van der Waals surface area contributed by atoms with Crippen LogP contribution in [0.3, 0.4) is 0 Å². The molecule has 4 rings (SSSR count). The first-order chi connectivity index (χ1) is 10.1. The van der Waals surface area contributed by atoms with E-state index < -0.39 is 0 Å². The highest BCUT2D eigenvalue weighted by Crippen LogP contribution is 2.51. The highest BCUT2D eigenvalue weighted by atomic mass is 15.3. The lowest BCUT2D eigenvalue weighted by molar-refractivity contribution is 0.0557. The molecule has 0 amide bonds. The summed E-state index contributed by atoms with van der Waals surface area (Å²) in [5.74, 6) is 0.626. The number of rotatable bonds is 1. The predicted octanol–water partition coefficient (Wildman–Crippen LogP) is 2.54. The fourth-order valence-electron chi connectivity index (χ4n) is 4.93. The van der Waals surface area contributed by atoms with Crippen molar-refractivity contribution in [2.24, 2.45) is 5.92 Å². The maximum absolute atomic E-state index is 3.86. The van der Waals surface area contributed by atoms with E-state index in [9.17, 15) is 0 Å². The summed E-state index contributed by atoms with van der Waals surface area (Å²) >= 11 is 0. The van der Waals surface area contributed by atoms with Gasteiger partial charge in [0.2, 0.25) is 0 Å². The minimum absolute atomic E-state index is 0.205. The molecule has 0 aromatic heterocycles. The summed E-state index contributed by atoms with van der Waals surface area (Å²) in [4.78, 5) is 2.62. The molecule has 0 saturated carbocycles. The molecule has 0 aromatic rings. The third-order valence-corrected chi connectivity index (χ3v) is 6.00.